The number of fused-ring (bicyclic) bond motifs is 1. The van der Waals surface area contributed by atoms with E-state index in [0.717, 1.165) is 23.4 Å². The molecule has 0 saturated carbocycles. The average Bonchev–Trinajstić information content (AvgIpc) is 3.01. The van der Waals surface area contributed by atoms with Crippen molar-refractivity contribution in [1.29, 1.82) is 0 Å². The van der Waals surface area contributed by atoms with E-state index in [1.54, 1.807) is 17.5 Å². The topological polar surface area (TPSA) is 34.4 Å². The van der Waals surface area contributed by atoms with E-state index in [9.17, 15) is 4.79 Å². The van der Waals surface area contributed by atoms with Crippen LogP contribution >= 0.6 is 11.3 Å². The van der Waals surface area contributed by atoms with Gasteiger partial charge in [-0.1, -0.05) is 37.3 Å². The van der Waals surface area contributed by atoms with Crippen LogP contribution in [0.5, 0.6) is 0 Å². The van der Waals surface area contributed by atoms with Crippen molar-refractivity contribution < 1.29 is 4.79 Å². The van der Waals surface area contributed by atoms with Gasteiger partial charge in [0.1, 0.15) is 5.69 Å². The van der Waals surface area contributed by atoms with Crippen molar-refractivity contribution in [2.45, 2.75) is 26.2 Å². The number of carbonyl (C=O) groups is 1. The summed E-state index contributed by atoms with van der Waals surface area (Å²) in [7, 11) is 0. The number of nitrogens with zero attached hydrogens (tertiary/aromatic N) is 2. The average molecular weight is 284 g/mol. The second-order valence-electron chi connectivity index (χ2n) is 5.05. The Morgan fingerprint density at radius 1 is 1.35 bits per heavy atom. The van der Waals surface area contributed by atoms with Crippen LogP contribution in [0.2, 0.25) is 0 Å². The molecule has 3 rings (SSSR count). The van der Waals surface area contributed by atoms with E-state index in [1.807, 2.05) is 10.5 Å². The summed E-state index contributed by atoms with van der Waals surface area (Å²) in [5.74, 6) is 0.456. The number of hydrogen-bond donors (Lipinski definition) is 0. The van der Waals surface area contributed by atoms with Crippen LogP contribution in [0.15, 0.2) is 36.5 Å². The number of imidazole rings is 1. The number of rotatable bonds is 4. The van der Waals surface area contributed by atoms with E-state index < -0.39 is 0 Å². The molecule has 2 heterocycles. The quantitative estimate of drug-likeness (QED) is 0.682. The Morgan fingerprint density at radius 2 is 2.10 bits per heavy atom. The predicted octanol–water partition coefficient (Wildman–Crippen LogP) is 3.86. The lowest BCUT2D eigenvalue weighted by atomic mass is 9.97. The summed E-state index contributed by atoms with van der Waals surface area (Å²) in [4.78, 5) is 17.5. The lowest BCUT2D eigenvalue weighted by molar-refractivity contribution is 0.111. The Labute approximate surface area is 121 Å². The molecule has 0 aliphatic heterocycles. The Balaban J connectivity index is 1.93. The van der Waals surface area contributed by atoms with Gasteiger partial charge in [-0.05, 0) is 24.8 Å². The molecule has 0 aliphatic rings. The minimum atomic E-state index is 0.456. The first-order chi connectivity index (χ1) is 9.70. The zero-order valence-electron chi connectivity index (χ0n) is 11.5. The first kappa shape index (κ1) is 13.1. The highest BCUT2D eigenvalue weighted by atomic mass is 32.1. The molecule has 0 aliphatic carbocycles. The number of benzene rings is 1. The summed E-state index contributed by atoms with van der Waals surface area (Å²) in [6.45, 7) is 4.29. The molecule has 1 atom stereocenters. The monoisotopic (exact) mass is 284 g/mol. The zero-order valence-corrected chi connectivity index (χ0v) is 12.4. The van der Waals surface area contributed by atoms with Gasteiger partial charge >= 0.3 is 0 Å². The van der Waals surface area contributed by atoms with E-state index in [-0.39, 0.29) is 0 Å². The van der Waals surface area contributed by atoms with E-state index in [1.165, 1.54) is 10.4 Å². The minimum Gasteiger partial charge on any atom is -0.296 e. The van der Waals surface area contributed by atoms with Crippen molar-refractivity contribution in [1.82, 2.24) is 9.38 Å². The Hall–Kier alpha value is -1.94. The third-order valence-electron chi connectivity index (χ3n) is 3.69. The van der Waals surface area contributed by atoms with Crippen LogP contribution in [0.4, 0.5) is 0 Å². The van der Waals surface area contributed by atoms with Crippen LogP contribution in [-0.2, 0) is 6.42 Å². The van der Waals surface area contributed by atoms with Crippen molar-refractivity contribution in [2.75, 3.05) is 0 Å². The smallest absolute Gasteiger partial charge is 0.194 e. The van der Waals surface area contributed by atoms with Crippen molar-refractivity contribution >= 4 is 22.6 Å². The van der Waals surface area contributed by atoms with Gasteiger partial charge in [-0.3, -0.25) is 9.20 Å². The summed E-state index contributed by atoms with van der Waals surface area (Å²) < 4.78 is 1.95. The molecule has 0 N–H and O–H groups in total. The molecule has 2 aromatic heterocycles. The number of aryl methyl sites for hydroxylation is 1. The third-order valence-corrected chi connectivity index (χ3v) is 4.87. The van der Waals surface area contributed by atoms with Gasteiger partial charge in [-0.15, -0.1) is 11.3 Å². The molecule has 1 unspecified atom stereocenters. The summed E-state index contributed by atoms with van der Waals surface area (Å²) in [6, 6.07) is 10.5. The molecule has 0 saturated heterocycles. The highest BCUT2D eigenvalue weighted by Crippen LogP contribution is 2.29. The molecule has 102 valence electrons. The van der Waals surface area contributed by atoms with E-state index in [2.05, 4.69) is 43.1 Å². The summed E-state index contributed by atoms with van der Waals surface area (Å²) in [5, 5.41) is 0. The molecular formula is C16H16N2OS. The summed E-state index contributed by atoms with van der Waals surface area (Å²) >= 11 is 1.68. The number of aromatic nitrogens is 2. The van der Waals surface area contributed by atoms with Gasteiger partial charge in [0, 0.05) is 10.6 Å². The van der Waals surface area contributed by atoms with E-state index in [4.69, 9.17) is 0 Å². The van der Waals surface area contributed by atoms with Gasteiger partial charge in [0.15, 0.2) is 11.2 Å². The zero-order chi connectivity index (χ0) is 14.1. The molecule has 3 nitrogen and oxygen atoms in total. The van der Waals surface area contributed by atoms with Gasteiger partial charge in [-0.25, -0.2) is 4.98 Å². The fourth-order valence-electron chi connectivity index (χ4n) is 2.52. The summed E-state index contributed by atoms with van der Waals surface area (Å²) in [6.07, 6.45) is 3.47. The Morgan fingerprint density at radius 3 is 2.80 bits per heavy atom. The molecule has 0 bridgehead atoms. The van der Waals surface area contributed by atoms with Crippen LogP contribution in [0.1, 0.15) is 39.5 Å². The summed E-state index contributed by atoms with van der Waals surface area (Å²) in [5.41, 5.74) is 3.10. The van der Waals surface area contributed by atoms with Crippen molar-refractivity contribution in [3.63, 3.8) is 0 Å². The van der Waals surface area contributed by atoms with E-state index >= 15 is 0 Å². The predicted molar refractivity (Wildman–Crippen MR) is 81.8 cm³/mol. The Kier molecular flexibility index (Phi) is 3.40. The fourth-order valence-corrected chi connectivity index (χ4v) is 3.75. The molecule has 20 heavy (non-hydrogen) atoms. The van der Waals surface area contributed by atoms with Gasteiger partial charge in [0.25, 0.3) is 0 Å². The molecule has 0 fully saturated rings. The van der Waals surface area contributed by atoms with Crippen molar-refractivity contribution in [2.24, 2.45) is 0 Å². The van der Waals surface area contributed by atoms with Gasteiger partial charge in [0.05, 0.1) is 6.20 Å². The maximum absolute atomic E-state index is 11.0. The van der Waals surface area contributed by atoms with E-state index in [0.29, 0.717) is 11.6 Å². The van der Waals surface area contributed by atoms with Crippen LogP contribution in [0.25, 0.3) is 4.96 Å². The van der Waals surface area contributed by atoms with Gasteiger partial charge in [-0.2, -0.15) is 0 Å². The van der Waals surface area contributed by atoms with Crippen LogP contribution in [0, 0.1) is 6.92 Å². The molecule has 0 radical (unpaired) electrons. The first-order valence-corrected chi connectivity index (χ1v) is 7.48. The van der Waals surface area contributed by atoms with Crippen LogP contribution in [0.3, 0.4) is 0 Å². The Bertz CT molecular complexity index is 743. The van der Waals surface area contributed by atoms with Crippen LogP contribution < -0.4 is 0 Å². The number of thiazole rings is 1. The SMILES string of the molecule is Cc1c(CC(C)c2ccccc2)sc2ncc(C=O)n12. The van der Waals surface area contributed by atoms with Crippen LogP contribution in [-0.4, -0.2) is 15.7 Å². The molecular weight excluding hydrogens is 268 g/mol. The molecule has 3 aromatic rings. The maximum atomic E-state index is 11.0. The lowest BCUT2D eigenvalue weighted by Gasteiger charge is -2.11. The first-order valence-electron chi connectivity index (χ1n) is 6.66. The largest absolute Gasteiger partial charge is 0.296 e. The molecule has 0 amide bonds. The third kappa shape index (κ3) is 2.16. The standard InChI is InChI=1S/C16H16N2OS/c1-11(13-6-4-3-5-7-13)8-15-12(2)18-14(10-19)9-17-16(18)20-15/h3-7,9-11H,8H2,1-2H3. The molecule has 4 heteroatoms. The van der Waals surface area contributed by atoms with Gasteiger partial charge < -0.3 is 0 Å². The minimum absolute atomic E-state index is 0.456. The molecule has 1 aromatic carbocycles. The van der Waals surface area contributed by atoms with Gasteiger partial charge in [0.2, 0.25) is 0 Å². The normalized spacial score (nSPS) is 12.7. The number of carbonyl (C=O) groups excluding carboxylic acids is 1. The second-order valence-corrected chi connectivity index (χ2v) is 6.11. The molecule has 0 spiro atoms. The number of aldehydes is 1. The van der Waals surface area contributed by atoms with Crippen molar-refractivity contribution in [3.05, 3.63) is 58.4 Å². The second kappa shape index (κ2) is 5.21. The number of hydrogen-bond acceptors (Lipinski definition) is 3. The highest BCUT2D eigenvalue weighted by molar-refractivity contribution is 7.17. The fraction of sp³-hybridized carbons (Fsp3) is 0.250. The lowest BCUT2D eigenvalue weighted by Crippen LogP contribution is -1.99. The highest BCUT2D eigenvalue weighted by Gasteiger charge is 2.15. The van der Waals surface area contributed by atoms with Crippen molar-refractivity contribution in [3.8, 4) is 0 Å². The maximum Gasteiger partial charge on any atom is 0.194 e.